The summed E-state index contributed by atoms with van der Waals surface area (Å²) in [7, 11) is 0. The first-order valence-electron chi connectivity index (χ1n) is 17.3. The van der Waals surface area contributed by atoms with Crippen molar-refractivity contribution in [3.05, 3.63) is 48.2 Å². The second-order valence-electron chi connectivity index (χ2n) is 12.5. The molecule has 0 N–H and O–H groups in total. The first-order valence-corrected chi connectivity index (χ1v) is 17.3. The summed E-state index contributed by atoms with van der Waals surface area (Å²) in [6.07, 6.45) is 25.7. The van der Waals surface area contributed by atoms with Gasteiger partial charge in [-0.1, -0.05) is 129 Å². The number of oxazole rings is 2. The Balaban J connectivity index is 1.18. The van der Waals surface area contributed by atoms with E-state index in [4.69, 9.17) is 18.8 Å². The zero-order valence-corrected chi connectivity index (χ0v) is 26.3. The van der Waals surface area contributed by atoms with Crippen LogP contribution >= 0.6 is 0 Å². The summed E-state index contributed by atoms with van der Waals surface area (Å²) >= 11 is 0. The van der Waals surface area contributed by atoms with E-state index >= 15 is 0 Å². The molecule has 4 heteroatoms. The maximum absolute atomic E-state index is 6.18. The number of hydrogen-bond acceptors (Lipinski definition) is 4. The highest BCUT2D eigenvalue weighted by Gasteiger charge is 2.15. The summed E-state index contributed by atoms with van der Waals surface area (Å²) in [5.41, 5.74) is 3.73. The van der Waals surface area contributed by atoms with Crippen molar-refractivity contribution < 1.29 is 8.83 Å². The lowest BCUT2D eigenvalue weighted by Crippen LogP contribution is -1.87. The smallest absolute Gasteiger partial charge is 0.195 e. The zero-order valence-electron chi connectivity index (χ0n) is 26.3. The molecule has 0 saturated carbocycles. The van der Waals surface area contributed by atoms with Crippen LogP contribution in [0.1, 0.15) is 141 Å². The molecule has 0 atom stereocenters. The lowest BCUT2D eigenvalue weighted by molar-refractivity contribution is 0.501. The van der Waals surface area contributed by atoms with Gasteiger partial charge in [0.15, 0.2) is 22.9 Å². The van der Waals surface area contributed by atoms with Crippen molar-refractivity contribution in [2.75, 3.05) is 0 Å². The normalized spacial score (nSPS) is 12.0. The zero-order chi connectivity index (χ0) is 29.0. The van der Waals surface area contributed by atoms with Crippen LogP contribution in [0.15, 0.2) is 45.2 Å². The number of rotatable bonds is 20. The molecule has 0 aliphatic rings. The molecule has 2 aromatic heterocycles. The molecule has 2 heterocycles. The van der Waals surface area contributed by atoms with Gasteiger partial charge in [0, 0.05) is 23.6 Å². The van der Waals surface area contributed by atoms with Crippen molar-refractivity contribution >= 4 is 43.7 Å². The number of aromatic nitrogens is 2. The fourth-order valence-electron chi connectivity index (χ4n) is 6.48. The lowest BCUT2D eigenvalue weighted by atomic mass is 10.0. The maximum atomic E-state index is 6.18. The predicted octanol–water partition coefficient (Wildman–Crippen LogP) is 12.4. The Hall–Kier alpha value is -2.88. The number of hydrogen-bond donors (Lipinski definition) is 0. The SMILES string of the molecule is CCCCCCCCCCCc1nc2c(ccc3c4ccc5oc(CCCCCCCCCCC)nc5c4ccc32)o1. The van der Waals surface area contributed by atoms with Crippen molar-refractivity contribution in [3.8, 4) is 0 Å². The molecule has 42 heavy (non-hydrogen) atoms. The molecule has 0 unspecified atom stereocenters. The Morgan fingerprint density at radius 1 is 0.405 bits per heavy atom. The third-order valence-electron chi connectivity index (χ3n) is 8.98. The molecule has 0 spiro atoms. The van der Waals surface area contributed by atoms with Crippen molar-refractivity contribution in [2.45, 2.75) is 142 Å². The van der Waals surface area contributed by atoms with Gasteiger partial charge < -0.3 is 8.83 Å². The molecule has 0 radical (unpaired) electrons. The van der Waals surface area contributed by atoms with E-state index in [1.807, 2.05) is 0 Å². The molecule has 5 aromatic rings. The van der Waals surface area contributed by atoms with Crippen LogP contribution in [0.4, 0.5) is 0 Å². The summed E-state index contributed by atoms with van der Waals surface area (Å²) < 4.78 is 12.4. The van der Waals surface area contributed by atoms with Gasteiger partial charge in [-0.3, -0.25) is 0 Å². The molecule has 0 saturated heterocycles. The van der Waals surface area contributed by atoms with E-state index in [-0.39, 0.29) is 0 Å². The summed E-state index contributed by atoms with van der Waals surface area (Å²) in [5, 5.41) is 4.71. The average Bonchev–Trinajstić information content (AvgIpc) is 3.63. The Morgan fingerprint density at radius 2 is 0.738 bits per heavy atom. The van der Waals surface area contributed by atoms with Crippen molar-refractivity contribution in [2.24, 2.45) is 0 Å². The molecule has 226 valence electrons. The average molecular weight is 569 g/mol. The van der Waals surface area contributed by atoms with Gasteiger partial charge in [-0.15, -0.1) is 0 Å². The molecule has 5 rings (SSSR count). The van der Waals surface area contributed by atoms with Gasteiger partial charge in [0.1, 0.15) is 11.0 Å². The quantitative estimate of drug-likeness (QED) is 0.0692. The molecule has 0 aliphatic carbocycles. The number of unbranched alkanes of at least 4 members (excludes halogenated alkanes) is 16. The molecule has 3 aromatic carbocycles. The number of benzene rings is 3. The Bertz CT molecular complexity index is 1410. The molecule has 4 nitrogen and oxygen atoms in total. The molecular weight excluding hydrogens is 516 g/mol. The van der Waals surface area contributed by atoms with E-state index in [1.165, 1.54) is 114 Å². The molecule has 0 amide bonds. The topological polar surface area (TPSA) is 52.1 Å². The van der Waals surface area contributed by atoms with E-state index in [0.717, 1.165) is 70.4 Å². The standard InChI is InChI=1S/C38H52N2O2/c1-3-5-7-9-11-13-15-17-19-21-35-39-37-31-23-24-32-30(29(31)25-27-33(37)41-35)26-28-34-38(32)40-36(42-34)22-20-18-16-14-12-10-8-6-4-2/h23-28H,3-22H2,1-2H3. The van der Waals surface area contributed by atoms with Gasteiger partial charge in [-0.25, -0.2) is 9.97 Å². The predicted molar refractivity (Wildman–Crippen MR) is 178 cm³/mol. The van der Waals surface area contributed by atoms with Crippen LogP contribution in [0.2, 0.25) is 0 Å². The van der Waals surface area contributed by atoms with Gasteiger partial charge >= 0.3 is 0 Å². The van der Waals surface area contributed by atoms with E-state index in [9.17, 15) is 0 Å². The number of aryl methyl sites for hydroxylation is 2. The van der Waals surface area contributed by atoms with E-state index in [2.05, 4.69) is 50.2 Å². The number of nitrogens with zero attached hydrogens (tertiary/aromatic N) is 2. The monoisotopic (exact) mass is 568 g/mol. The van der Waals surface area contributed by atoms with Crippen molar-refractivity contribution in [1.29, 1.82) is 0 Å². The summed E-state index contributed by atoms with van der Waals surface area (Å²) in [5.74, 6) is 1.74. The highest BCUT2D eigenvalue weighted by Crippen LogP contribution is 2.35. The first kappa shape index (κ1) is 30.6. The molecule has 0 aliphatic heterocycles. The Kier molecular flexibility index (Phi) is 11.7. The molecular formula is C38H52N2O2. The second kappa shape index (κ2) is 16.1. The third kappa shape index (κ3) is 7.94. The molecule has 0 fully saturated rings. The summed E-state index contributed by atoms with van der Waals surface area (Å²) in [6, 6.07) is 12.9. The minimum Gasteiger partial charge on any atom is -0.441 e. The van der Waals surface area contributed by atoms with Crippen LogP contribution in [0, 0.1) is 0 Å². The highest BCUT2D eigenvalue weighted by atomic mass is 16.4. The minimum atomic E-state index is 0.869. The van der Waals surface area contributed by atoms with Crippen LogP contribution < -0.4 is 0 Å². The van der Waals surface area contributed by atoms with Gasteiger partial charge in [-0.2, -0.15) is 0 Å². The van der Waals surface area contributed by atoms with E-state index in [1.54, 1.807) is 0 Å². The van der Waals surface area contributed by atoms with Crippen LogP contribution in [0.25, 0.3) is 43.7 Å². The van der Waals surface area contributed by atoms with Crippen LogP contribution in [-0.2, 0) is 12.8 Å². The van der Waals surface area contributed by atoms with Crippen LogP contribution in [0.5, 0.6) is 0 Å². The summed E-state index contributed by atoms with van der Waals surface area (Å²) in [6.45, 7) is 4.56. The third-order valence-corrected chi connectivity index (χ3v) is 8.98. The largest absolute Gasteiger partial charge is 0.441 e. The van der Waals surface area contributed by atoms with Crippen LogP contribution in [-0.4, -0.2) is 9.97 Å². The van der Waals surface area contributed by atoms with Gasteiger partial charge in [-0.05, 0) is 47.9 Å². The maximum Gasteiger partial charge on any atom is 0.195 e. The van der Waals surface area contributed by atoms with Gasteiger partial charge in [0.05, 0.1) is 0 Å². The first-order chi connectivity index (χ1) is 20.8. The number of fused-ring (bicyclic) bond motifs is 7. The van der Waals surface area contributed by atoms with Gasteiger partial charge in [0.25, 0.3) is 0 Å². The van der Waals surface area contributed by atoms with E-state index in [0.29, 0.717) is 0 Å². The van der Waals surface area contributed by atoms with Crippen LogP contribution in [0.3, 0.4) is 0 Å². The highest BCUT2D eigenvalue weighted by molar-refractivity contribution is 6.19. The Labute approximate surface area is 252 Å². The minimum absolute atomic E-state index is 0.869. The van der Waals surface area contributed by atoms with Crippen molar-refractivity contribution in [3.63, 3.8) is 0 Å². The fraction of sp³-hybridized carbons (Fsp3) is 0.579. The second-order valence-corrected chi connectivity index (χ2v) is 12.5. The lowest BCUT2D eigenvalue weighted by Gasteiger charge is -2.04. The Morgan fingerprint density at radius 3 is 1.12 bits per heavy atom. The fourth-order valence-corrected chi connectivity index (χ4v) is 6.48. The van der Waals surface area contributed by atoms with E-state index < -0.39 is 0 Å². The summed E-state index contributed by atoms with van der Waals surface area (Å²) in [4.78, 5) is 9.91. The van der Waals surface area contributed by atoms with Crippen molar-refractivity contribution in [1.82, 2.24) is 9.97 Å². The van der Waals surface area contributed by atoms with Gasteiger partial charge in [0.2, 0.25) is 0 Å². The molecule has 0 bridgehead atoms.